The second kappa shape index (κ2) is 5.12. The van der Waals surface area contributed by atoms with Crippen molar-refractivity contribution in [2.75, 3.05) is 11.9 Å². The molecule has 2 aromatic rings. The number of aromatic nitrogens is 2. The van der Waals surface area contributed by atoms with E-state index < -0.39 is 5.97 Å². The van der Waals surface area contributed by atoms with E-state index in [9.17, 15) is 9.90 Å². The number of anilines is 1. The van der Waals surface area contributed by atoms with E-state index in [0.29, 0.717) is 18.1 Å². The third-order valence-corrected chi connectivity index (χ3v) is 3.71. The molecular formula is C15H17N3O3. The minimum Gasteiger partial charge on any atom is -0.493 e. The number of aryl methyl sites for hydroxylation is 2. The lowest BCUT2D eigenvalue weighted by atomic mass is 10.0. The van der Waals surface area contributed by atoms with Gasteiger partial charge in [-0.15, -0.1) is 0 Å². The van der Waals surface area contributed by atoms with Crippen LogP contribution in [0.2, 0.25) is 0 Å². The number of aromatic carboxylic acids is 1. The molecule has 0 saturated heterocycles. The molecule has 1 aromatic carbocycles. The summed E-state index contributed by atoms with van der Waals surface area (Å²) in [7, 11) is 1.74. The summed E-state index contributed by atoms with van der Waals surface area (Å²) in [5.74, 6) is 0.405. The summed E-state index contributed by atoms with van der Waals surface area (Å²) in [5.41, 5.74) is 1.77. The second-order valence-electron chi connectivity index (χ2n) is 5.11. The van der Waals surface area contributed by atoms with Crippen molar-refractivity contribution in [1.82, 2.24) is 9.78 Å². The summed E-state index contributed by atoms with van der Waals surface area (Å²) in [6.45, 7) is 2.31. The molecular weight excluding hydrogens is 270 g/mol. The summed E-state index contributed by atoms with van der Waals surface area (Å²) in [4.78, 5) is 11.4. The van der Waals surface area contributed by atoms with Crippen LogP contribution in [0.1, 0.15) is 34.1 Å². The Labute approximate surface area is 122 Å². The van der Waals surface area contributed by atoms with Crippen molar-refractivity contribution < 1.29 is 14.6 Å². The predicted octanol–water partition coefficient (Wildman–Crippen LogP) is 2.36. The van der Waals surface area contributed by atoms with Gasteiger partial charge in [0.1, 0.15) is 17.1 Å². The zero-order valence-electron chi connectivity index (χ0n) is 12.0. The molecule has 2 heterocycles. The Morgan fingerprint density at radius 3 is 3.00 bits per heavy atom. The van der Waals surface area contributed by atoms with E-state index in [0.717, 1.165) is 17.7 Å². The number of rotatable bonds is 3. The molecule has 3 rings (SSSR count). The van der Waals surface area contributed by atoms with Gasteiger partial charge in [-0.2, -0.15) is 5.10 Å². The minimum atomic E-state index is -0.969. The van der Waals surface area contributed by atoms with Crippen molar-refractivity contribution in [2.24, 2.45) is 7.05 Å². The Kier molecular flexibility index (Phi) is 3.29. The highest BCUT2D eigenvalue weighted by Gasteiger charge is 2.26. The van der Waals surface area contributed by atoms with E-state index in [-0.39, 0.29) is 11.6 Å². The number of ether oxygens (including phenoxy) is 1. The smallest absolute Gasteiger partial charge is 0.341 e. The summed E-state index contributed by atoms with van der Waals surface area (Å²) in [6, 6.07) is 7.82. The number of carboxylic acid groups (broad SMARTS) is 1. The van der Waals surface area contributed by atoms with E-state index in [2.05, 4.69) is 10.4 Å². The fourth-order valence-corrected chi connectivity index (χ4v) is 2.74. The maximum absolute atomic E-state index is 11.4. The first-order chi connectivity index (χ1) is 10.1. The van der Waals surface area contributed by atoms with Crippen LogP contribution in [-0.4, -0.2) is 27.5 Å². The van der Waals surface area contributed by atoms with Crippen LogP contribution in [0.3, 0.4) is 0 Å². The number of hydrogen-bond donors (Lipinski definition) is 2. The Balaban J connectivity index is 1.97. The fraction of sp³-hybridized carbons (Fsp3) is 0.333. The van der Waals surface area contributed by atoms with Crippen LogP contribution in [0.15, 0.2) is 24.3 Å². The number of nitrogens with zero attached hydrogens (tertiary/aromatic N) is 2. The highest BCUT2D eigenvalue weighted by Crippen LogP contribution is 2.35. The fourth-order valence-electron chi connectivity index (χ4n) is 2.74. The van der Waals surface area contributed by atoms with Crippen molar-refractivity contribution in [3.8, 4) is 5.75 Å². The van der Waals surface area contributed by atoms with Crippen LogP contribution in [0, 0.1) is 6.92 Å². The van der Waals surface area contributed by atoms with Crippen molar-refractivity contribution in [2.45, 2.75) is 19.4 Å². The molecule has 1 aliphatic heterocycles. The SMILES string of the molecule is Cc1nn(C)c(NC2CCOc3ccccc32)c1C(=O)O. The molecule has 0 spiro atoms. The molecule has 0 bridgehead atoms. The lowest BCUT2D eigenvalue weighted by molar-refractivity contribution is 0.0697. The zero-order valence-corrected chi connectivity index (χ0v) is 12.0. The van der Waals surface area contributed by atoms with Gasteiger partial charge in [-0.1, -0.05) is 18.2 Å². The molecule has 110 valence electrons. The molecule has 21 heavy (non-hydrogen) atoms. The number of nitrogens with one attached hydrogen (secondary N) is 1. The molecule has 6 heteroatoms. The average Bonchev–Trinajstić information content (AvgIpc) is 2.73. The number of fused-ring (bicyclic) bond motifs is 1. The summed E-state index contributed by atoms with van der Waals surface area (Å²) in [5, 5.41) is 16.9. The Hall–Kier alpha value is -2.50. The van der Waals surface area contributed by atoms with Gasteiger partial charge in [-0.25, -0.2) is 4.79 Å². The first-order valence-electron chi connectivity index (χ1n) is 6.83. The molecule has 0 fully saturated rings. The van der Waals surface area contributed by atoms with Gasteiger partial charge >= 0.3 is 5.97 Å². The van der Waals surface area contributed by atoms with Gasteiger partial charge in [0.05, 0.1) is 18.3 Å². The van der Waals surface area contributed by atoms with Crippen LogP contribution in [0.4, 0.5) is 5.82 Å². The molecule has 1 aromatic heterocycles. The monoisotopic (exact) mass is 287 g/mol. The Morgan fingerprint density at radius 1 is 1.48 bits per heavy atom. The van der Waals surface area contributed by atoms with Crippen LogP contribution >= 0.6 is 0 Å². The molecule has 2 N–H and O–H groups in total. The normalized spacial score (nSPS) is 17.0. The molecule has 0 aliphatic carbocycles. The van der Waals surface area contributed by atoms with E-state index in [1.165, 1.54) is 0 Å². The third-order valence-electron chi connectivity index (χ3n) is 3.71. The molecule has 0 saturated carbocycles. The lowest BCUT2D eigenvalue weighted by Crippen LogP contribution is -2.22. The maximum Gasteiger partial charge on any atom is 0.341 e. The van der Waals surface area contributed by atoms with Gasteiger partial charge in [0, 0.05) is 19.0 Å². The van der Waals surface area contributed by atoms with E-state index in [1.807, 2.05) is 24.3 Å². The van der Waals surface area contributed by atoms with Gasteiger partial charge in [0.15, 0.2) is 0 Å². The van der Waals surface area contributed by atoms with Gasteiger partial charge < -0.3 is 15.2 Å². The quantitative estimate of drug-likeness (QED) is 0.906. The maximum atomic E-state index is 11.4. The number of hydrogen-bond acceptors (Lipinski definition) is 4. The van der Waals surface area contributed by atoms with Crippen LogP contribution in [0.25, 0.3) is 0 Å². The van der Waals surface area contributed by atoms with Gasteiger partial charge in [0.25, 0.3) is 0 Å². The molecule has 1 unspecified atom stereocenters. The first-order valence-corrected chi connectivity index (χ1v) is 6.83. The van der Waals surface area contributed by atoms with E-state index >= 15 is 0 Å². The number of carboxylic acids is 1. The van der Waals surface area contributed by atoms with Crippen LogP contribution in [0.5, 0.6) is 5.75 Å². The Morgan fingerprint density at radius 2 is 2.24 bits per heavy atom. The van der Waals surface area contributed by atoms with Crippen molar-refractivity contribution in [3.63, 3.8) is 0 Å². The number of benzene rings is 1. The summed E-state index contributed by atoms with van der Waals surface area (Å²) in [6.07, 6.45) is 0.778. The van der Waals surface area contributed by atoms with Crippen molar-refractivity contribution >= 4 is 11.8 Å². The lowest BCUT2D eigenvalue weighted by Gasteiger charge is -2.27. The second-order valence-corrected chi connectivity index (χ2v) is 5.11. The zero-order chi connectivity index (χ0) is 15.0. The van der Waals surface area contributed by atoms with E-state index in [4.69, 9.17) is 4.74 Å². The molecule has 0 radical (unpaired) electrons. The van der Waals surface area contributed by atoms with Crippen LogP contribution < -0.4 is 10.1 Å². The van der Waals surface area contributed by atoms with Crippen molar-refractivity contribution in [3.05, 3.63) is 41.1 Å². The average molecular weight is 287 g/mol. The predicted molar refractivity (Wildman–Crippen MR) is 77.8 cm³/mol. The number of carbonyl (C=O) groups is 1. The molecule has 1 atom stereocenters. The largest absolute Gasteiger partial charge is 0.493 e. The molecule has 6 nitrogen and oxygen atoms in total. The summed E-state index contributed by atoms with van der Waals surface area (Å²) >= 11 is 0. The minimum absolute atomic E-state index is 0.0165. The molecule has 0 amide bonds. The first kappa shape index (κ1) is 13.5. The summed E-state index contributed by atoms with van der Waals surface area (Å²) < 4.78 is 7.21. The molecule has 1 aliphatic rings. The van der Waals surface area contributed by atoms with E-state index in [1.54, 1.807) is 18.7 Å². The Bertz CT molecular complexity index is 693. The highest BCUT2D eigenvalue weighted by molar-refractivity contribution is 5.94. The van der Waals surface area contributed by atoms with Gasteiger partial charge in [-0.05, 0) is 13.0 Å². The number of para-hydroxylation sites is 1. The van der Waals surface area contributed by atoms with Crippen molar-refractivity contribution in [1.29, 1.82) is 0 Å². The topological polar surface area (TPSA) is 76.4 Å². The standard InChI is InChI=1S/C15H17N3O3/c1-9-13(15(19)20)14(18(2)17-9)16-11-7-8-21-12-6-4-3-5-10(11)12/h3-6,11,16H,7-8H2,1-2H3,(H,19,20). The highest BCUT2D eigenvalue weighted by atomic mass is 16.5. The third kappa shape index (κ3) is 2.33. The van der Waals surface area contributed by atoms with Gasteiger partial charge in [0.2, 0.25) is 0 Å². The van der Waals surface area contributed by atoms with Crippen LogP contribution in [-0.2, 0) is 7.05 Å². The van der Waals surface area contributed by atoms with Gasteiger partial charge in [-0.3, -0.25) is 4.68 Å².